The second-order valence-corrected chi connectivity index (χ2v) is 5.10. The van der Waals surface area contributed by atoms with Gasteiger partial charge >= 0.3 is 0 Å². The van der Waals surface area contributed by atoms with E-state index in [0.717, 1.165) is 33.3 Å². The van der Waals surface area contributed by atoms with Gasteiger partial charge in [-0.25, -0.2) is 0 Å². The second kappa shape index (κ2) is 5.74. The molecule has 0 bridgehead atoms. The zero-order valence-electron chi connectivity index (χ0n) is 12.0. The average Bonchev–Trinajstić information content (AvgIpc) is 2.54. The molecule has 0 aliphatic heterocycles. The SMILES string of the molecule is C=CC(=O)Nc1cccc(-c2ccc3cc(N)ccc3c2)c1. The number of hydrogen-bond donors (Lipinski definition) is 2. The Hall–Kier alpha value is -3.07. The maximum absolute atomic E-state index is 11.4. The van der Waals surface area contributed by atoms with Crippen molar-refractivity contribution in [1.29, 1.82) is 0 Å². The number of anilines is 2. The van der Waals surface area contributed by atoms with Crippen molar-refractivity contribution in [3.63, 3.8) is 0 Å². The van der Waals surface area contributed by atoms with Gasteiger partial charge in [0, 0.05) is 11.4 Å². The van der Waals surface area contributed by atoms with Crippen LogP contribution in [0.25, 0.3) is 21.9 Å². The first-order valence-corrected chi connectivity index (χ1v) is 6.99. The minimum Gasteiger partial charge on any atom is -0.399 e. The molecule has 3 heteroatoms. The van der Waals surface area contributed by atoms with Gasteiger partial charge in [-0.3, -0.25) is 4.79 Å². The summed E-state index contributed by atoms with van der Waals surface area (Å²) in [5.41, 5.74) is 9.44. The van der Waals surface area contributed by atoms with Crippen LogP contribution in [0.4, 0.5) is 11.4 Å². The number of benzene rings is 3. The first-order chi connectivity index (χ1) is 10.7. The van der Waals surface area contributed by atoms with E-state index in [4.69, 9.17) is 5.73 Å². The fourth-order valence-corrected chi connectivity index (χ4v) is 2.41. The Morgan fingerprint density at radius 1 is 0.955 bits per heavy atom. The molecule has 3 N–H and O–H groups in total. The quantitative estimate of drug-likeness (QED) is 0.560. The number of fused-ring (bicyclic) bond motifs is 1. The smallest absolute Gasteiger partial charge is 0.247 e. The van der Waals surface area contributed by atoms with E-state index >= 15 is 0 Å². The average molecular weight is 288 g/mol. The van der Waals surface area contributed by atoms with Crippen LogP contribution in [0.15, 0.2) is 73.3 Å². The fraction of sp³-hybridized carbons (Fsp3) is 0. The van der Waals surface area contributed by atoms with Gasteiger partial charge in [-0.15, -0.1) is 0 Å². The van der Waals surface area contributed by atoms with Crippen LogP contribution in [-0.4, -0.2) is 5.91 Å². The molecule has 3 nitrogen and oxygen atoms in total. The van der Waals surface area contributed by atoms with Crippen molar-refractivity contribution in [1.82, 2.24) is 0 Å². The van der Waals surface area contributed by atoms with Gasteiger partial charge in [-0.2, -0.15) is 0 Å². The minimum atomic E-state index is -0.217. The third kappa shape index (κ3) is 2.83. The van der Waals surface area contributed by atoms with Gasteiger partial charge in [0.05, 0.1) is 0 Å². The van der Waals surface area contributed by atoms with Crippen molar-refractivity contribution in [2.24, 2.45) is 0 Å². The van der Waals surface area contributed by atoms with Gasteiger partial charge in [0.25, 0.3) is 0 Å². The number of nitrogens with two attached hydrogens (primary N) is 1. The minimum absolute atomic E-state index is 0.217. The molecular formula is C19H16N2O. The molecule has 22 heavy (non-hydrogen) atoms. The zero-order valence-corrected chi connectivity index (χ0v) is 12.0. The summed E-state index contributed by atoms with van der Waals surface area (Å²) in [5, 5.41) is 5.02. The molecule has 0 aliphatic rings. The summed E-state index contributed by atoms with van der Waals surface area (Å²) in [4.78, 5) is 11.4. The van der Waals surface area contributed by atoms with Crippen molar-refractivity contribution < 1.29 is 4.79 Å². The van der Waals surface area contributed by atoms with E-state index in [1.807, 2.05) is 42.5 Å². The predicted molar refractivity (Wildman–Crippen MR) is 92.6 cm³/mol. The van der Waals surface area contributed by atoms with Crippen LogP contribution in [0, 0.1) is 0 Å². The van der Waals surface area contributed by atoms with Crippen LogP contribution in [0.5, 0.6) is 0 Å². The summed E-state index contributed by atoms with van der Waals surface area (Å²) in [6, 6.07) is 19.8. The van der Waals surface area contributed by atoms with Gasteiger partial charge in [-0.1, -0.05) is 36.9 Å². The van der Waals surface area contributed by atoms with E-state index in [-0.39, 0.29) is 5.91 Å². The summed E-state index contributed by atoms with van der Waals surface area (Å²) in [7, 11) is 0. The fourth-order valence-electron chi connectivity index (χ4n) is 2.41. The molecule has 0 atom stereocenters. The van der Waals surface area contributed by atoms with Crippen LogP contribution in [0.2, 0.25) is 0 Å². The van der Waals surface area contributed by atoms with Crippen LogP contribution >= 0.6 is 0 Å². The number of rotatable bonds is 3. The van der Waals surface area contributed by atoms with Crippen LogP contribution < -0.4 is 11.1 Å². The molecule has 3 aromatic carbocycles. The summed E-state index contributed by atoms with van der Waals surface area (Å²) in [5.74, 6) is -0.217. The Kier molecular flexibility index (Phi) is 3.62. The molecular weight excluding hydrogens is 272 g/mol. The normalized spacial score (nSPS) is 10.4. The lowest BCUT2D eigenvalue weighted by Gasteiger charge is -2.08. The number of amides is 1. The molecule has 0 saturated heterocycles. The zero-order chi connectivity index (χ0) is 15.5. The molecule has 0 aliphatic carbocycles. The van der Waals surface area contributed by atoms with E-state index in [2.05, 4.69) is 30.1 Å². The van der Waals surface area contributed by atoms with Crippen LogP contribution in [0.1, 0.15) is 0 Å². The third-order valence-electron chi connectivity index (χ3n) is 3.51. The standard InChI is InChI=1S/C19H16N2O/c1-2-19(22)21-18-5-3-4-13(12-18)14-6-7-16-11-17(20)9-8-15(16)10-14/h2-12H,1,20H2,(H,21,22). The summed E-state index contributed by atoms with van der Waals surface area (Å²) in [6.07, 6.45) is 1.26. The van der Waals surface area contributed by atoms with Gasteiger partial charge in [0.1, 0.15) is 0 Å². The molecule has 0 unspecified atom stereocenters. The molecule has 0 radical (unpaired) electrons. The van der Waals surface area contributed by atoms with E-state index in [1.54, 1.807) is 0 Å². The van der Waals surface area contributed by atoms with Gasteiger partial charge < -0.3 is 11.1 Å². The molecule has 0 aromatic heterocycles. The number of hydrogen-bond acceptors (Lipinski definition) is 2. The highest BCUT2D eigenvalue weighted by atomic mass is 16.1. The predicted octanol–water partition coefficient (Wildman–Crippen LogP) is 4.21. The number of nitrogens with one attached hydrogen (secondary N) is 1. The van der Waals surface area contributed by atoms with E-state index < -0.39 is 0 Å². The number of nitrogen functional groups attached to an aromatic ring is 1. The molecule has 0 fully saturated rings. The van der Waals surface area contributed by atoms with Gasteiger partial charge in [0.2, 0.25) is 5.91 Å². The van der Waals surface area contributed by atoms with Crippen LogP contribution in [0.3, 0.4) is 0 Å². The molecule has 3 aromatic rings. The van der Waals surface area contributed by atoms with E-state index in [9.17, 15) is 4.79 Å². The molecule has 0 heterocycles. The second-order valence-electron chi connectivity index (χ2n) is 5.10. The Bertz CT molecular complexity index is 868. The summed E-state index contributed by atoms with van der Waals surface area (Å²) in [6.45, 7) is 3.46. The molecule has 0 spiro atoms. The largest absolute Gasteiger partial charge is 0.399 e. The van der Waals surface area contributed by atoms with Crippen molar-refractivity contribution in [2.75, 3.05) is 11.1 Å². The first kappa shape index (κ1) is 13.9. The highest BCUT2D eigenvalue weighted by molar-refractivity contribution is 5.99. The first-order valence-electron chi connectivity index (χ1n) is 6.99. The summed E-state index contributed by atoms with van der Waals surface area (Å²) >= 11 is 0. The molecule has 3 rings (SSSR count). The van der Waals surface area contributed by atoms with Crippen molar-refractivity contribution in [3.8, 4) is 11.1 Å². The Morgan fingerprint density at radius 2 is 1.68 bits per heavy atom. The van der Waals surface area contributed by atoms with Crippen molar-refractivity contribution in [3.05, 3.63) is 73.3 Å². The number of carbonyl (C=O) groups is 1. The topological polar surface area (TPSA) is 55.1 Å². The molecule has 0 saturated carbocycles. The lowest BCUT2D eigenvalue weighted by molar-refractivity contribution is -0.111. The van der Waals surface area contributed by atoms with E-state index in [1.165, 1.54) is 6.08 Å². The van der Waals surface area contributed by atoms with E-state index in [0.29, 0.717) is 0 Å². The third-order valence-corrected chi connectivity index (χ3v) is 3.51. The maximum atomic E-state index is 11.4. The van der Waals surface area contributed by atoms with Gasteiger partial charge in [0.15, 0.2) is 0 Å². The Morgan fingerprint density at radius 3 is 2.50 bits per heavy atom. The monoisotopic (exact) mass is 288 g/mol. The lowest BCUT2D eigenvalue weighted by atomic mass is 10.0. The van der Waals surface area contributed by atoms with Gasteiger partial charge in [-0.05, 0) is 58.3 Å². The molecule has 108 valence electrons. The Labute approximate surface area is 129 Å². The van der Waals surface area contributed by atoms with Crippen molar-refractivity contribution in [2.45, 2.75) is 0 Å². The number of carbonyl (C=O) groups excluding carboxylic acids is 1. The van der Waals surface area contributed by atoms with Crippen LogP contribution in [-0.2, 0) is 4.79 Å². The highest BCUT2D eigenvalue weighted by Crippen LogP contribution is 2.27. The highest BCUT2D eigenvalue weighted by Gasteiger charge is 2.03. The maximum Gasteiger partial charge on any atom is 0.247 e. The Balaban J connectivity index is 2.00. The summed E-state index contributed by atoms with van der Waals surface area (Å²) < 4.78 is 0. The molecule has 1 amide bonds. The lowest BCUT2D eigenvalue weighted by Crippen LogP contribution is -2.06. The van der Waals surface area contributed by atoms with Crippen molar-refractivity contribution >= 4 is 28.1 Å².